The Labute approximate surface area is 68.0 Å². The molecule has 0 radical (unpaired) electrons. The van der Waals surface area contributed by atoms with Crippen LogP contribution in [0.15, 0.2) is 12.2 Å². The first-order valence-corrected chi connectivity index (χ1v) is 3.92. The van der Waals surface area contributed by atoms with E-state index in [0.717, 1.165) is 0 Å². The monoisotopic (exact) mass is 197 g/mol. The zero-order chi connectivity index (χ0) is 10.1. The van der Waals surface area contributed by atoms with Crippen LogP contribution in [0.2, 0.25) is 0 Å². The highest BCUT2D eigenvalue weighted by molar-refractivity contribution is 7.35. The number of carboxylic acid groups (broad SMARTS) is 2. The maximum Gasteiger partial charge on any atom is 0.328 e. The lowest BCUT2D eigenvalue weighted by Gasteiger charge is -1.74. The van der Waals surface area contributed by atoms with Gasteiger partial charge < -0.3 is 15.1 Å². The lowest BCUT2D eigenvalue weighted by molar-refractivity contribution is -0.134. The van der Waals surface area contributed by atoms with Gasteiger partial charge in [0.1, 0.15) is 0 Å². The van der Waals surface area contributed by atoms with E-state index in [2.05, 4.69) is 5.50 Å². The fourth-order valence-electron chi connectivity index (χ4n) is 0.143. The van der Waals surface area contributed by atoms with Gasteiger partial charge in [0.05, 0.1) is 0 Å². The molecule has 0 amide bonds. The van der Waals surface area contributed by atoms with Crippen LogP contribution in [0.4, 0.5) is 0 Å². The number of hydrogen-bond donors (Lipinski definition) is 4. The van der Waals surface area contributed by atoms with Crippen molar-refractivity contribution >= 4 is 20.1 Å². The lowest BCUT2D eigenvalue weighted by Crippen LogP contribution is -1.91. The maximum atomic E-state index is 9.55. The van der Waals surface area contributed by atoms with Gasteiger partial charge in [0.25, 0.3) is 8.18 Å². The summed E-state index contributed by atoms with van der Waals surface area (Å²) in [5, 5.41) is 15.6. The topological polar surface area (TPSA) is 138 Å². The molecule has 0 bridgehead atoms. The zero-order valence-electron chi connectivity index (χ0n) is 5.80. The zero-order valence-corrected chi connectivity index (χ0v) is 6.80. The Bertz CT molecular complexity index is 192. The van der Waals surface area contributed by atoms with Crippen molar-refractivity contribution in [3.05, 3.63) is 12.2 Å². The van der Waals surface area contributed by atoms with Gasteiger partial charge >= 0.3 is 11.9 Å². The average Bonchev–Trinajstić information content (AvgIpc) is 1.82. The molecule has 5 N–H and O–H groups in total. The Morgan fingerprint density at radius 3 is 1.42 bits per heavy atom. The minimum atomic E-state index is -2.63. The van der Waals surface area contributed by atoms with E-state index in [4.69, 9.17) is 19.7 Å². The van der Waals surface area contributed by atoms with Crippen LogP contribution in [0, 0.1) is 0 Å². The largest absolute Gasteiger partial charge is 0.478 e. The van der Waals surface area contributed by atoms with Crippen molar-refractivity contribution < 1.29 is 29.3 Å². The van der Waals surface area contributed by atoms with Crippen LogP contribution in [-0.4, -0.2) is 27.0 Å². The molecule has 0 heterocycles. The summed E-state index contributed by atoms with van der Waals surface area (Å²) in [6.07, 6.45) is 1.12. The second-order valence-electron chi connectivity index (χ2n) is 1.35. The first-order chi connectivity index (χ1) is 5.36. The normalized spacial score (nSPS) is 11.5. The van der Waals surface area contributed by atoms with Gasteiger partial charge in [0.15, 0.2) is 0 Å². The Hall–Kier alpha value is -1.17. The van der Waals surface area contributed by atoms with Gasteiger partial charge in [0.2, 0.25) is 0 Å². The van der Waals surface area contributed by atoms with Crippen LogP contribution in [-0.2, 0) is 14.2 Å². The Kier molecular flexibility index (Phi) is 8.87. The van der Waals surface area contributed by atoms with E-state index in [-0.39, 0.29) is 0 Å². The summed E-state index contributed by atoms with van der Waals surface area (Å²) < 4.78 is 8.96. The summed E-state index contributed by atoms with van der Waals surface area (Å²) >= 11 is 0. The Morgan fingerprint density at radius 1 is 1.17 bits per heavy atom. The highest BCUT2D eigenvalue weighted by atomic mass is 31.1. The van der Waals surface area contributed by atoms with Gasteiger partial charge in [-0.15, -0.1) is 0 Å². The van der Waals surface area contributed by atoms with Gasteiger partial charge in [-0.1, -0.05) is 0 Å². The third-order valence-corrected chi connectivity index (χ3v) is 0.368. The third-order valence-electron chi connectivity index (χ3n) is 0.368. The molecule has 8 heteroatoms. The smallest absolute Gasteiger partial charge is 0.328 e. The Balaban J connectivity index is 0. The minimum Gasteiger partial charge on any atom is -0.478 e. The van der Waals surface area contributed by atoms with E-state index in [9.17, 15) is 9.59 Å². The highest BCUT2D eigenvalue weighted by Crippen LogP contribution is 1.91. The van der Waals surface area contributed by atoms with E-state index in [1.54, 1.807) is 0 Å². The fourth-order valence-corrected chi connectivity index (χ4v) is 0.143. The summed E-state index contributed by atoms with van der Waals surface area (Å²) in [6, 6.07) is 0. The standard InChI is InChI=1S/C4H4O4.H4NO2P/c5-3(6)1-2-4(7)8;1-4(2)3/h1-2H,(H,5,6)(H,7,8);4H,(H3,1,2,3)/b2-1+;. The predicted molar refractivity (Wildman–Crippen MR) is 39.8 cm³/mol. The number of carboxylic acids is 2. The molecule has 0 rings (SSSR count). The summed E-state index contributed by atoms with van der Waals surface area (Å²) in [5.41, 5.74) is 4.21. The number of carbonyl (C=O) groups is 2. The molecule has 0 saturated heterocycles. The fraction of sp³-hybridized carbons (Fsp3) is 0. The average molecular weight is 197 g/mol. The SMILES string of the molecule is N[PH](=O)O.O=C(O)/C=C/C(=O)O. The molecule has 0 aromatic carbocycles. The number of nitrogens with two attached hydrogens (primary N) is 1. The lowest BCUT2D eigenvalue weighted by atomic mass is 10.5. The van der Waals surface area contributed by atoms with E-state index in [1.165, 1.54) is 0 Å². The van der Waals surface area contributed by atoms with E-state index in [1.807, 2.05) is 0 Å². The molecule has 0 aliphatic carbocycles. The van der Waals surface area contributed by atoms with Crippen molar-refractivity contribution in [1.29, 1.82) is 0 Å². The molecule has 0 saturated carbocycles. The molecule has 0 aliphatic heterocycles. The quantitative estimate of drug-likeness (QED) is 0.330. The first kappa shape index (κ1) is 13.4. The van der Waals surface area contributed by atoms with Crippen LogP contribution in [0.1, 0.15) is 0 Å². The van der Waals surface area contributed by atoms with Crippen molar-refractivity contribution in [2.45, 2.75) is 0 Å². The minimum absolute atomic E-state index is 0.558. The molecular weight excluding hydrogens is 189 g/mol. The first-order valence-electron chi connectivity index (χ1n) is 2.48. The van der Waals surface area contributed by atoms with Gasteiger partial charge in [-0.05, 0) is 0 Å². The van der Waals surface area contributed by atoms with Gasteiger partial charge in [-0.25, -0.2) is 9.59 Å². The maximum absolute atomic E-state index is 9.55. The van der Waals surface area contributed by atoms with Gasteiger partial charge in [-0.2, -0.15) is 0 Å². The van der Waals surface area contributed by atoms with E-state index in [0.29, 0.717) is 12.2 Å². The van der Waals surface area contributed by atoms with Gasteiger partial charge in [-0.3, -0.25) is 10.1 Å². The molecule has 1 unspecified atom stereocenters. The molecule has 1 atom stereocenters. The van der Waals surface area contributed by atoms with E-state index < -0.39 is 20.1 Å². The molecule has 70 valence electrons. The second-order valence-corrected chi connectivity index (χ2v) is 2.02. The summed E-state index contributed by atoms with van der Waals surface area (Å²) in [5.74, 6) is -2.51. The van der Waals surface area contributed by atoms with Crippen molar-refractivity contribution in [2.24, 2.45) is 5.50 Å². The molecule has 12 heavy (non-hydrogen) atoms. The van der Waals surface area contributed by atoms with Crippen LogP contribution >= 0.6 is 8.18 Å². The van der Waals surface area contributed by atoms with Crippen molar-refractivity contribution in [2.75, 3.05) is 0 Å². The molecule has 0 aliphatic rings. The Morgan fingerprint density at radius 2 is 1.33 bits per heavy atom. The third kappa shape index (κ3) is 36.9. The van der Waals surface area contributed by atoms with Crippen LogP contribution in [0.25, 0.3) is 0 Å². The van der Waals surface area contributed by atoms with Crippen molar-refractivity contribution in [3.63, 3.8) is 0 Å². The van der Waals surface area contributed by atoms with Crippen molar-refractivity contribution in [1.82, 2.24) is 0 Å². The van der Waals surface area contributed by atoms with Crippen molar-refractivity contribution in [3.8, 4) is 0 Å². The summed E-state index contributed by atoms with van der Waals surface area (Å²) in [6.45, 7) is 0. The molecule has 0 aromatic rings. The molecular formula is C4H8NO6P. The van der Waals surface area contributed by atoms with Crippen LogP contribution < -0.4 is 5.50 Å². The number of aliphatic carboxylic acids is 2. The number of rotatable bonds is 2. The van der Waals surface area contributed by atoms with Gasteiger partial charge in [0, 0.05) is 12.2 Å². The van der Waals surface area contributed by atoms with Crippen LogP contribution in [0.5, 0.6) is 0 Å². The van der Waals surface area contributed by atoms with Crippen LogP contribution in [0.3, 0.4) is 0 Å². The summed E-state index contributed by atoms with van der Waals surface area (Å²) in [7, 11) is -2.63. The second kappa shape index (κ2) is 7.93. The molecule has 0 aromatic heterocycles. The molecule has 7 nitrogen and oxygen atoms in total. The molecule has 0 fully saturated rings. The summed E-state index contributed by atoms with van der Waals surface area (Å²) in [4.78, 5) is 26.5. The predicted octanol–water partition coefficient (Wildman–Crippen LogP) is -0.961. The highest BCUT2D eigenvalue weighted by Gasteiger charge is 1.88. The number of hydrogen-bond acceptors (Lipinski definition) is 3. The van der Waals surface area contributed by atoms with E-state index >= 15 is 0 Å². The molecule has 0 spiro atoms.